The summed E-state index contributed by atoms with van der Waals surface area (Å²) in [6.07, 6.45) is 3.97. The fraction of sp³-hybridized carbons (Fsp3) is 0.490. The number of aromatic nitrogens is 2. The molecule has 1 saturated heterocycles. The van der Waals surface area contributed by atoms with Crippen molar-refractivity contribution in [1.29, 1.82) is 0 Å². The molecular weight excluding hydrogens is 831 g/mol. The summed E-state index contributed by atoms with van der Waals surface area (Å²) >= 11 is 0. The van der Waals surface area contributed by atoms with Crippen molar-refractivity contribution in [1.82, 2.24) is 9.97 Å². The van der Waals surface area contributed by atoms with Crippen LogP contribution in [0.4, 0.5) is 5.82 Å². The molecule has 6 heterocycles. The van der Waals surface area contributed by atoms with Crippen molar-refractivity contribution in [3.63, 3.8) is 0 Å². The quantitative estimate of drug-likeness (QED) is 0.110. The van der Waals surface area contributed by atoms with Crippen LogP contribution in [0.3, 0.4) is 0 Å². The summed E-state index contributed by atoms with van der Waals surface area (Å²) in [6, 6.07) is 8.05. The van der Waals surface area contributed by atoms with Crippen LogP contribution in [-0.2, 0) is 16.0 Å². The van der Waals surface area contributed by atoms with Crippen LogP contribution >= 0.6 is 0 Å². The Morgan fingerprint density at radius 3 is 2.52 bits per heavy atom. The number of phenolic OH excluding ortho intramolecular Hbond substituents is 1. The minimum atomic E-state index is -2.45. The Kier molecular flexibility index (Phi) is 8.03. The van der Waals surface area contributed by atoms with Gasteiger partial charge in [0.05, 0.1) is 23.3 Å². The van der Waals surface area contributed by atoms with Gasteiger partial charge in [-0.3, -0.25) is 9.59 Å². The number of aromatic hydroxyl groups is 1. The zero-order chi connectivity index (χ0) is 44.7. The second-order valence-electron chi connectivity index (χ2n) is 21.0. The number of nitrogens with one attached hydrogen (secondary N) is 2. The zero-order valence-electron chi connectivity index (χ0n) is 35.9. The summed E-state index contributed by atoms with van der Waals surface area (Å²) in [7, 11) is 0. The highest BCUT2D eigenvalue weighted by Gasteiger charge is 2.76. The second-order valence-corrected chi connectivity index (χ2v) is 21.0. The molecule has 6 aliphatic carbocycles. The number of anilines is 1. The molecule has 10 atom stereocenters. The van der Waals surface area contributed by atoms with Crippen LogP contribution in [0.15, 0.2) is 53.8 Å². The second kappa shape index (κ2) is 13.0. The monoisotopic (exact) mass is 881 g/mol. The number of pyridine rings is 1. The first-order valence-corrected chi connectivity index (χ1v) is 23.3. The molecule has 14 nitrogen and oxygen atoms in total. The molecule has 8 bridgehead atoms. The van der Waals surface area contributed by atoms with Gasteiger partial charge in [0.15, 0.2) is 17.5 Å². The van der Waals surface area contributed by atoms with E-state index in [0.717, 1.165) is 55.9 Å². The van der Waals surface area contributed by atoms with E-state index in [-0.39, 0.29) is 52.3 Å². The average Bonchev–Trinajstić information content (AvgIpc) is 4.10. The van der Waals surface area contributed by atoms with Gasteiger partial charge in [-0.05, 0) is 128 Å². The lowest BCUT2D eigenvalue weighted by Crippen LogP contribution is -2.78. The van der Waals surface area contributed by atoms with Crippen molar-refractivity contribution in [2.24, 2.45) is 16.2 Å². The number of hydrogen-bond acceptors (Lipinski definition) is 13. The fourth-order valence-corrected chi connectivity index (χ4v) is 15.3. The number of aliphatic hydroxyl groups is 5. The third-order valence-electron chi connectivity index (χ3n) is 17.9. The van der Waals surface area contributed by atoms with E-state index in [1.807, 2.05) is 6.07 Å². The van der Waals surface area contributed by atoms with Crippen molar-refractivity contribution in [2.45, 2.75) is 132 Å². The van der Waals surface area contributed by atoms with Crippen LogP contribution in [0.25, 0.3) is 16.3 Å². The van der Waals surface area contributed by atoms with Gasteiger partial charge in [-0.1, -0.05) is 24.8 Å². The summed E-state index contributed by atoms with van der Waals surface area (Å²) in [5.41, 5.74) is -0.384. The van der Waals surface area contributed by atoms with E-state index in [4.69, 9.17) is 14.5 Å². The van der Waals surface area contributed by atoms with Gasteiger partial charge < -0.3 is 55.2 Å². The van der Waals surface area contributed by atoms with E-state index < -0.39 is 70.1 Å². The molecule has 14 rings (SSSR count). The number of H-pyrrole nitrogens is 1. The van der Waals surface area contributed by atoms with Crippen molar-refractivity contribution < 1.29 is 54.5 Å². The van der Waals surface area contributed by atoms with Crippen molar-refractivity contribution in [3.8, 4) is 11.5 Å². The molecule has 8 N–H and O–H groups in total. The molecule has 0 radical (unpaired) electrons. The molecule has 5 spiro atoms. The number of nitrogens with zero attached hydrogens (tertiary/aromatic N) is 1. The first kappa shape index (κ1) is 40.1. The van der Waals surface area contributed by atoms with Gasteiger partial charge in [0.1, 0.15) is 35.8 Å². The molecule has 4 fully saturated rings. The molecular formula is C51H51N3O11. The lowest BCUT2D eigenvalue weighted by molar-refractivity contribution is -0.366. The molecule has 4 aliphatic heterocycles. The number of ether oxygens (including phenoxy) is 2. The van der Waals surface area contributed by atoms with Crippen LogP contribution in [0.2, 0.25) is 0 Å². The highest BCUT2D eigenvalue weighted by molar-refractivity contribution is 6.34. The van der Waals surface area contributed by atoms with Crippen LogP contribution in [0.1, 0.15) is 131 Å². The molecule has 14 heteroatoms. The molecule has 10 unspecified atom stereocenters. The standard InChI is InChI=1S/C51H51N3O11/c1-23-15-28-35(32(56)16-23)41(59)37-33-18-26-25(36(37)40(28)58)6-13-52-45(26)53-21-34(57)49-10-4-5-30(49)27-17-24(7-14-55)54-39(27)29-19-50(64-33)43(61)42(60)44(62)51(65-50)38(29)31(49)20-48(46(51)63)12-11-47(22-48)8-2-3-9-47/h6,13-19,30,34,42-44,46,54,56-57,60-63H,2-5,7-12,20-22H2,1H3,(H,52,53). The SMILES string of the molecule is Cc1cc(O)c2c(c1)C(=O)c1c(c3cc4c(nccc14)NCC(O)C14CCCC1c1cc(CC=O)[nH]c1C1=CC5(O3)OC3(C1=C4CC1(CCC4(CCCC4)C1)C3O)C(O)C(O)C5O)C2=O. The van der Waals surface area contributed by atoms with Crippen LogP contribution < -0.4 is 10.1 Å². The summed E-state index contributed by atoms with van der Waals surface area (Å²) in [5, 5.41) is 80.2. The van der Waals surface area contributed by atoms with Gasteiger partial charge in [-0.2, -0.15) is 0 Å². The predicted molar refractivity (Wildman–Crippen MR) is 234 cm³/mol. The van der Waals surface area contributed by atoms with Gasteiger partial charge in [0.25, 0.3) is 5.79 Å². The van der Waals surface area contributed by atoms with Crippen LogP contribution in [0, 0.1) is 23.2 Å². The molecule has 10 aliphatic rings. The molecule has 2 aromatic heterocycles. The Morgan fingerprint density at radius 2 is 1.72 bits per heavy atom. The molecule has 65 heavy (non-hydrogen) atoms. The number of carbonyl (C=O) groups is 3. The Hall–Kier alpha value is -5.22. The van der Waals surface area contributed by atoms with Gasteiger partial charge in [0, 0.05) is 63.5 Å². The smallest absolute Gasteiger partial charge is 0.261 e. The Morgan fingerprint density at radius 1 is 0.908 bits per heavy atom. The number of rotatable bonds is 2. The number of carbonyl (C=O) groups excluding carboxylic acids is 3. The maximum Gasteiger partial charge on any atom is 0.261 e. The number of phenols is 1. The fourth-order valence-electron chi connectivity index (χ4n) is 15.3. The minimum Gasteiger partial charge on any atom is -0.507 e. The van der Waals surface area contributed by atoms with Crippen LogP contribution in [-0.4, -0.2) is 107 Å². The number of aryl methyl sites for hydroxylation is 1. The third kappa shape index (κ3) is 4.80. The van der Waals surface area contributed by atoms with Gasteiger partial charge in [0.2, 0.25) is 5.78 Å². The van der Waals surface area contributed by atoms with E-state index in [1.54, 1.807) is 25.1 Å². The highest BCUT2D eigenvalue weighted by Crippen LogP contribution is 2.73. The number of aliphatic hydroxyl groups excluding tert-OH is 5. The summed E-state index contributed by atoms with van der Waals surface area (Å²) in [5.74, 6) is -4.41. The number of fused-ring (bicyclic) bond motifs is 7. The van der Waals surface area contributed by atoms with Crippen molar-refractivity contribution in [3.05, 3.63) is 98.5 Å². The summed E-state index contributed by atoms with van der Waals surface area (Å²) in [6.45, 7) is 1.69. The first-order valence-electron chi connectivity index (χ1n) is 23.3. The molecule has 4 aromatic rings. The van der Waals surface area contributed by atoms with E-state index in [0.29, 0.717) is 76.8 Å². The minimum absolute atomic E-state index is 0.000832. The number of aldehydes is 1. The lowest BCUT2D eigenvalue weighted by atomic mass is 9.51. The predicted octanol–water partition coefficient (Wildman–Crippen LogP) is 4.96. The Balaban J connectivity index is 1.16. The van der Waals surface area contributed by atoms with E-state index >= 15 is 4.79 Å². The number of hydrogen-bond donors (Lipinski definition) is 8. The topological polar surface area (TPSA) is 232 Å². The van der Waals surface area contributed by atoms with Crippen molar-refractivity contribution >= 4 is 40.0 Å². The largest absolute Gasteiger partial charge is 0.507 e. The van der Waals surface area contributed by atoms with Gasteiger partial charge in [-0.25, -0.2) is 4.98 Å². The normalized spacial score (nSPS) is 36.9. The molecule has 0 amide bonds. The maximum atomic E-state index is 15.0. The molecule has 2 aromatic carbocycles. The van der Waals surface area contributed by atoms with Gasteiger partial charge in [-0.15, -0.1) is 0 Å². The van der Waals surface area contributed by atoms with Crippen LogP contribution in [0.5, 0.6) is 11.5 Å². The van der Waals surface area contributed by atoms with Crippen molar-refractivity contribution in [2.75, 3.05) is 11.9 Å². The van der Waals surface area contributed by atoms with E-state index in [1.165, 1.54) is 18.3 Å². The maximum absolute atomic E-state index is 15.0. The van der Waals surface area contributed by atoms with E-state index in [2.05, 4.69) is 10.3 Å². The van der Waals surface area contributed by atoms with Gasteiger partial charge >= 0.3 is 0 Å². The third-order valence-corrected chi connectivity index (χ3v) is 17.9. The number of ketones is 2. The Labute approximate surface area is 373 Å². The average molecular weight is 882 g/mol. The lowest BCUT2D eigenvalue weighted by Gasteiger charge is -2.64. The zero-order valence-corrected chi connectivity index (χ0v) is 35.9. The summed E-state index contributed by atoms with van der Waals surface area (Å²) < 4.78 is 14.4. The first-order chi connectivity index (χ1) is 31.2. The number of benzene rings is 2. The molecule has 3 saturated carbocycles. The Bertz CT molecular complexity index is 2930. The summed E-state index contributed by atoms with van der Waals surface area (Å²) in [4.78, 5) is 50.3. The molecule has 336 valence electrons. The van der Waals surface area contributed by atoms with E-state index in [9.17, 15) is 40.2 Å². The highest BCUT2D eigenvalue weighted by atomic mass is 16.7. The number of aromatic amines is 1.